The number of carbonyl (C=O) groups is 4. The van der Waals surface area contributed by atoms with Crippen LogP contribution in [-0.4, -0.2) is 93.7 Å². The summed E-state index contributed by atoms with van der Waals surface area (Å²) in [5.74, 6) is -0.804. The summed E-state index contributed by atoms with van der Waals surface area (Å²) in [4.78, 5) is 64.9. The van der Waals surface area contributed by atoms with Crippen LogP contribution in [0.15, 0.2) is 36.4 Å². The quantitative estimate of drug-likeness (QED) is 0.382. The number of carbonyl (C=O) groups excluding carboxylic acids is 4. The lowest BCUT2D eigenvalue weighted by Gasteiger charge is -2.40. The van der Waals surface area contributed by atoms with E-state index < -0.39 is 29.6 Å². The normalized spacial score (nSPS) is 17.8. The Balaban J connectivity index is 1.57. The Morgan fingerprint density at radius 3 is 2.40 bits per heavy atom. The highest BCUT2D eigenvalue weighted by molar-refractivity contribution is 5.97. The second-order valence-corrected chi connectivity index (χ2v) is 12.5. The lowest BCUT2D eigenvalue weighted by atomic mass is 10.1. The largest absolute Gasteiger partial charge is 0.474 e. The van der Waals surface area contributed by atoms with Crippen LogP contribution in [0.1, 0.15) is 83.6 Å². The highest BCUT2D eigenvalue weighted by atomic mass is 16.6. The average Bonchev–Trinajstić information content (AvgIpc) is 3.51. The van der Waals surface area contributed by atoms with E-state index in [-0.39, 0.29) is 62.8 Å². The molecule has 2 aliphatic rings. The molecule has 0 spiro atoms. The van der Waals surface area contributed by atoms with Crippen molar-refractivity contribution >= 4 is 23.9 Å². The van der Waals surface area contributed by atoms with Crippen molar-refractivity contribution < 1.29 is 33.4 Å². The highest BCUT2D eigenvalue weighted by Crippen LogP contribution is 2.26. The van der Waals surface area contributed by atoms with Crippen molar-refractivity contribution in [3.8, 4) is 17.3 Å². The molecular weight excluding hydrogens is 578 g/mol. The van der Waals surface area contributed by atoms with E-state index in [9.17, 15) is 19.2 Å². The molecule has 4 rings (SSSR count). The Hall–Kier alpha value is -4.22. The van der Waals surface area contributed by atoms with Crippen molar-refractivity contribution in [2.45, 2.75) is 96.9 Å². The molecule has 45 heavy (non-hydrogen) atoms. The summed E-state index contributed by atoms with van der Waals surface area (Å²) in [5.41, 5.74) is 0.0730. The van der Waals surface area contributed by atoms with Gasteiger partial charge in [-0.1, -0.05) is 30.3 Å². The number of amides is 3. The number of benzene rings is 1. The molecule has 2 atom stereocenters. The van der Waals surface area contributed by atoms with Crippen molar-refractivity contribution in [2.24, 2.45) is 0 Å². The van der Waals surface area contributed by atoms with Crippen LogP contribution in [0.2, 0.25) is 0 Å². The fourth-order valence-corrected chi connectivity index (χ4v) is 5.51. The SMILES string of the molecule is CCOC(=O)N1CCN(C(=O)C(CCC(=O)OC(C)(C)C)NC(=O)c2cc(OC3CCCC3)nc(-c3ccccc3)n2)C(C)C1. The van der Waals surface area contributed by atoms with Crippen LogP contribution in [0.5, 0.6) is 5.88 Å². The standard InChI is InChI=1S/C33H45N5O7/c1-6-43-32(42)37-18-19-38(22(2)21-37)31(41)25(16-17-28(39)45-33(3,4)5)35-30(40)26-20-27(44-24-14-10-11-15-24)36-29(34-26)23-12-8-7-9-13-23/h7-9,12-13,20,22,24-25H,6,10-11,14-19,21H2,1-5H3,(H,35,40). The first-order valence-corrected chi connectivity index (χ1v) is 15.8. The van der Waals surface area contributed by atoms with Crippen LogP contribution in [0.25, 0.3) is 11.4 Å². The maximum atomic E-state index is 13.9. The number of nitrogens with one attached hydrogen (secondary N) is 1. The fourth-order valence-electron chi connectivity index (χ4n) is 5.51. The Morgan fingerprint density at radius 2 is 1.76 bits per heavy atom. The van der Waals surface area contributed by atoms with Crippen LogP contribution < -0.4 is 10.1 Å². The van der Waals surface area contributed by atoms with Gasteiger partial charge in [-0.25, -0.2) is 9.78 Å². The van der Waals surface area contributed by atoms with E-state index in [2.05, 4.69) is 15.3 Å². The molecule has 12 nitrogen and oxygen atoms in total. The maximum Gasteiger partial charge on any atom is 0.409 e. The minimum absolute atomic E-state index is 0.0114. The Morgan fingerprint density at radius 1 is 1.04 bits per heavy atom. The first kappa shape index (κ1) is 33.7. The van der Waals surface area contributed by atoms with E-state index in [0.717, 1.165) is 25.7 Å². The van der Waals surface area contributed by atoms with Crippen LogP contribution in [0, 0.1) is 0 Å². The zero-order valence-electron chi connectivity index (χ0n) is 26.9. The lowest BCUT2D eigenvalue weighted by molar-refractivity contribution is -0.155. The number of aromatic nitrogens is 2. The van der Waals surface area contributed by atoms with Gasteiger partial charge in [-0.3, -0.25) is 14.4 Å². The maximum absolute atomic E-state index is 13.9. The molecule has 1 aliphatic carbocycles. The van der Waals surface area contributed by atoms with Crippen LogP contribution in [0.3, 0.4) is 0 Å². The van der Waals surface area contributed by atoms with Crippen molar-refractivity contribution in [3.05, 3.63) is 42.1 Å². The molecule has 2 unspecified atom stereocenters. The molecule has 1 aliphatic heterocycles. The molecular formula is C33H45N5O7. The van der Waals surface area contributed by atoms with Crippen LogP contribution in [0.4, 0.5) is 4.79 Å². The number of hydrogen-bond acceptors (Lipinski definition) is 9. The summed E-state index contributed by atoms with van der Waals surface area (Å²) in [5, 5.41) is 2.83. The average molecular weight is 624 g/mol. The van der Waals surface area contributed by atoms with E-state index in [1.165, 1.54) is 6.07 Å². The van der Waals surface area contributed by atoms with E-state index in [0.29, 0.717) is 17.3 Å². The van der Waals surface area contributed by atoms with Gasteiger partial charge < -0.3 is 29.3 Å². The second-order valence-electron chi connectivity index (χ2n) is 12.5. The number of ether oxygens (including phenoxy) is 3. The Bertz CT molecular complexity index is 1340. The first-order valence-electron chi connectivity index (χ1n) is 15.8. The lowest BCUT2D eigenvalue weighted by Crippen LogP contribution is -2.59. The van der Waals surface area contributed by atoms with Gasteiger partial charge in [0, 0.05) is 43.7 Å². The minimum atomic E-state index is -1.05. The Kier molecular flexibility index (Phi) is 11.4. The summed E-state index contributed by atoms with van der Waals surface area (Å²) < 4.78 is 16.7. The topological polar surface area (TPSA) is 140 Å². The summed E-state index contributed by atoms with van der Waals surface area (Å²) in [7, 11) is 0. The molecule has 0 radical (unpaired) electrons. The van der Waals surface area contributed by atoms with Gasteiger partial charge in [0.15, 0.2) is 5.82 Å². The molecule has 2 aromatic rings. The third-order valence-corrected chi connectivity index (χ3v) is 7.65. The number of esters is 1. The van der Waals surface area contributed by atoms with E-state index in [4.69, 9.17) is 14.2 Å². The van der Waals surface area contributed by atoms with Gasteiger partial charge in [0.2, 0.25) is 11.8 Å². The Labute approximate surface area is 264 Å². The van der Waals surface area contributed by atoms with Gasteiger partial charge in [0.05, 0.1) is 6.61 Å². The van der Waals surface area contributed by atoms with E-state index in [1.807, 2.05) is 37.3 Å². The molecule has 2 fully saturated rings. The first-order chi connectivity index (χ1) is 21.4. The van der Waals surface area contributed by atoms with Gasteiger partial charge in [-0.2, -0.15) is 4.98 Å². The van der Waals surface area contributed by atoms with Gasteiger partial charge in [0.1, 0.15) is 23.4 Å². The molecule has 1 saturated carbocycles. The van der Waals surface area contributed by atoms with Crippen molar-refractivity contribution in [2.75, 3.05) is 26.2 Å². The van der Waals surface area contributed by atoms with Crippen molar-refractivity contribution in [1.29, 1.82) is 0 Å². The van der Waals surface area contributed by atoms with Gasteiger partial charge in [0.25, 0.3) is 5.91 Å². The summed E-state index contributed by atoms with van der Waals surface area (Å²) >= 11 is 0. The summed E-state index contributed by atoms with van der Waals surface area (Å²) in [6, 6.07) is 9.40. The number of hydrogen-bond donors (Lipinski definition) is 1. The molecule has 1 aromatic heterocycles. The number of nitrogens with zero attached hydrogens (tertiary/aromatic N) is 4. The summed E-state index contributed by atoms with van der Waals surface area (Å²) in [6.45, 7) is 9.96. The third-order valence-electron chi connectivity index (χ3n) is 7.65. The van der Waals surface area contributed by atoms with Crippen LogP contribution in [-0.2, 0) is 19.1 Å². The smallest absolute Gasteiger partial charge is 0.409 e. The molecule has 2 heterocycles. The summed E-state index contributed by atoms with van der Waals surface area (Å²) in [6.07, 6.45) is 3.49. The molecule has 0 bridgehead atoms. The zero-order chi connectivity index (χ0) is 32.6. The van der Waals surface area contributed by atoms with E-state index in [1.54, 1.807) is 37.5 Å². The number of rotatable bonds is 10. The van der Waals surface area contributed by atoms with Gasteiger partial charge >= 0.3 is 12.1 Å². The molecule has 12 heteroatoms. The monoisotopic (exact) mass is 623 g/mol. The third kappa shape index (κ3) is 9.63. The molecule has 1 saturated heterocycles. The molecule has 1 N–H and O–H groups in total. The predicted molar refractivity (Wildman–Crippen MR) is 166 cm³/mol. The second kappa shape index (κ2) is 15.2. The highest BCUT2D eigenvalue weighted by Gasteiger charge is 2.35. The number of piperazine rings is 1. The zero-order valence-corrected chi connectivity index (χ0v) is 26.9. The van der Waals surface area contributed by atoms with Gasteiger partial charge in [-0.15, -0.1) is 0 Å². The molecule has 1 aromatic carbocycles. The van der Waals surface area contributed by atoms with Crippen molar-refractivity contribution in [1.82, 2.24) is 25.1 Å². The minimum Gasteiger partial charge on any atom is -0.474 e. The van der Waals surface area contributed by atoms with Gasteiger partial charge in [-0.05, 0) is 66.7 Å². The molecule has 3 amide bonds. The molecule has 244 valence electrons. The fraction of sp³-hybridized carbons (Fsp3) is 0.576. The van der Waals surface area contributed by atoms with Crippen LogP contribution >= 0.6 is 0 Å². The van der Waals surface area contributed by atoms with E-state index >= 15 is 0 Å². The predicted octanol–water partition coefficient (Wildman–Crippen LogP) is 4.37. The van der Waals surface area contributed by atoms with Crippen molar-refractivity contribution in [3.63, 3.8) is 0 Å².